The molecule has 2 nitrogen and oxygen atoms in total. The molecule has 2 atom stereocenters. The van der Waals surface area contributed by atoms with E-state index in [1.165, 1.54) is 0 Å². The van der Waals surface area contributed by atoms with Crippen LogP contribution < -0.4 is 0 Å². The van der Waals surface area contributed by atoms with Crippen LogP contribution in [0.25, 0.3) is 0 Å². The molecular weight excluding hydrogens is 116 g/mol. The minimum atomic E-state index is 0. The molecule has 1 aliphatic heterocycles. The smallest absolute Gasteiger partial charge is 0.114 e. The van der Waals surface area contributed by atoms with Crippen LogP contribution in [0.2, 0.25) is 0 Å². The summed E-state index contributed by atoms with van der Waals surface area (Å²) in [7, 11) is 0. The zero-order chi connectivity index (χ0) is 5.61. The van der Waals surface area contributed by atoms with E-state index in [1.54, 1.807) is 0 Å². The Kier molecular flexibility index (Phi) is 1.22. The Morgan fingerprint density at radius 2 is 2.22 bits per heavy atom. The summed E-state index contributed by atoms with van der Waals surface area (Å²) in [4.78, 5) is 0. The van der Waals surface area contributed by atoms with Crippen molar-refractivity contribution in [2.45, 2.75) is 18.6 Å². The molecule has 1 saturated heterocycles. The first kappa shape index (κ1) is 6.52. The summed E-state index contributed by atoms with van der Waals surface area (Å²) in [6, 6.07) is 0. The van der Waals surface area contributed by atoms with E-state index < -0.39 is 0 Å². The van der Waals surface area contributed by atoms with Crippen molar-refractivity contribution in [3.05, 3.63) is 24.3 Å². The van der Waals surface area contributed by atoms with E-state index in [1.807, 2.05) is 12.2 Å². The molecule has 2 heteroatoms. The van der Waals surface area contributed by atoms with Crippen LogP contribution in [-0.4, -0.2) is 17.2 Å². The number of epoxide rings is 1. The number of ether oxygens (including phenoxy) is 1. The molecule has 0 amide bonds. The van der Waals surface area contributed by atoms with Gasteiger partial charge in [0.2, 0.25) is 0 Å². The average molecular weight is 126 g/mol. The van der Waals surface area contributed by atoms with Crippen molar-refractivity contribution in [1.82, 2.24) is 0 Å². The van der Waals surface area contributed by atoms with Crippen molar-refractivity contribution in [1.29, 1.82) is 0 Å². The minimum Gasteiger partial charge on any atom is -0.412 e. The topological polar surface area (TPSA) is 44.0 Å². The SMILES string of the molecule is CC12C=CC=CC1O2.O. The van der Waals surface area contributed by atoms with Crippen molar-refractivity contribution < 1.29 is 10.2 Å². The lowest BCUT2D eigenvalue weighted by atomic mass is 10.0. The first-order valence-corrected chi connectivity index (χ1v) is 2.85. The van der Waals surface area contributed by atoms with Gasteiger partial charge in [-0.2, -0.15) is 0 Å². The van der Waals surface area contributed by atoms with Gasteiger partial charge in [0.25, 0.3) is 0 Å². The molecule has 1 heterocycles. The molecule has 1 aliphatic carbocycles. The van der Waals surface area contributed by atoms with E-state index in [2.05, 4.69) is 19.1 Å². The Hall–Kier alpha value is -0.600. The molecular formula is C7H10O2. The number of hydrogen-bond donors (Lipinski definition) is 0. The quantitative estimate of drug-likeness (QED) is 0.434. The summed E-state index contributed by atoms with van der Waals surface area (Å²) >= 11 is 0. The normalized spacial score (nSPS) is 43.4. The summed E-state index contributed by atoms with van der Waals surface area (Å²) in [5.74, 6) is 0. The first-order valence-electron chi connectivity index (χ1n) is 2.85. The highest BCUT2D eigenvalue weighted by Gasteiger charge is 2.49. The monoisotopic (exact) mass is 126 g/mol. The van der Waals surface area contributed by atoms with Crippen LogP contribution >= 0.6 is 0 Å². The summed E-state index contributed by atoms with van der Waals surface area (Å²) in [6.45, 7) is 2.09. The Morgan fingerprint density at radius 1 is 1.44 bits per heavy atom. The van der Waals surface area contributed by atoms with Gasteiger partial charge in [0.15, 0.2) is 0 Å². The Bertz CT molecular complexity index is 172. The molecule has 0 aromatic carbocycles. The molecule has 50 valence electrons. The van der Waals surface area contributed by atoms with Crippen LogP contribution in [0.5, 0.6) is 0 Å². The zero-order valence-corrected chi connectivity index (χ0v) is 5.29. The second-order valence-electron chi connectivity index (χ2n) is 2.47. The van der Waals surface area contributed by atoms with Gasteiger partial charge in [-0.05, 0) is 6.92 Å². The molecule has 0 spiro atoms. The lowest BCUT2D eigenvalue weighted by molar-refractivity contribution is 0.357. The average Bonchev–Trinajstić information content (AvgIpc) is 2.39. The first-order chi connectivity index (χ1) is 3.81. The summed E-state index contributed by atoms with van der Waals surface area (Å²) in [5.41, 5.74) is 0.0781. The summed E-state index contributed by atoms with van der Waals surface area (Å²) < 4.78 is 5.29. The van der Waals surface area contributed by atoms with Crippen molar-refractivity contribution in [2.75, 3.05) is 0 Å². The molecule has 2 unspecified atom stereocenters. The van der Waals surface area contributed by atoms with Gasteiger partial charge in [-0.3, -0.25) is 0 Å². The zero-order valence-electron chi connectivity index (χ0n) is 5.29. The summed E-state index contributed by atoms with van der Waals surface area (Å²) in [6.07, 6.45) is 8.62. The third-order valence-electron chi connectivity index (χ3n) is 1.71. The van der Waals surface area contributed by atoms with Crippen LogP contribution in [0, 0.1) is 0 Å². The van der Waals surface area contributed by atoms with Crippen molar-refractivity contribution in [2.24, 2.45) is 0 Å². The maximum absolute atomic E-state index is 5.29. The highest BCUT2D eigenvalue weighted by atomic mass is 16.6. The van der Waals surface area contributed by atoms with Gasteiger partial charge in [-0.15, -0.1) is 0 Å². The molecule has 0 bridgehead atoms. The predicted octanol–water partition coefficient (Wildman–Crippen LogP) is 0.445. The highest BCUT2D eigenvalue weighted by molar-refractivity contribution is 5.29. The Morgan fingerprint density at radius 3 is 2.67 bits per heavy atom. The minimum absolute atomic E-state index is 0. The molecule has 0 aromatic rings. The van der Waals surface area contributed by atoms with E-state index in [0.717, 1.165) is 0 Å². The second kappa shape index (κ2) is 1.69. The van der Waals surface area contributed by atoms with Crippen LogP contribution in [0.4, 0.5) is 0 Å². The van der Waals surface area contributed by atoms with Crippen LogP contribution in [0.1, 0.15) is 6.92 Å². The number of rotatable bonds is 0. The largest absolute Gasteiger partial charge is 0.412 e. The van der Waals surface area contributed by atoms with Gasteiger partial charge in [0, 0.05) is 0 Å². The molecule has 0 radical (unpaired) electrons. The molecule has 0 saturated carbocycles. The second-order valence-corrected chi connectivity index (χ2v) is 2.47. The van der Waals surface area contributed by atoms with Crippen molar-refractivity contribution in [3.63, 3.8) is 0 Å². The molecule has 0 aromatic heterocycles. The van der Waals surface area contributed by atoms with Gasteiger partial charge in [0.1, 0.15) is 11.7 Å². The van der Waals surface area contributed by atoms with E-state index in [0.29, 0.717) is 6.10 Å². The molecule has 9 heavy (non-hydrogen) atoms. The molecule has 2 aliphatic rings. The fraction of sp³-hybridized carbons (Fsp3) is 0.429. The van der Waals surface area contributed by atoms with Crippen LogP contribution in [0.15, 0.2) is 24.3 Å². The van der Waals surface area contributed by atoms with Crippen LogP contribution in [-0.2, 0) is 4.74 Å². The van der Waals surface area contributed by atoms with Crippen LogP contribution in [0.3, 0.4) is 0 Å². The van der Waals surface area contributed by atoms with E-state index >= 15 is 0 Å². The third-order valence-corrected chi connectivity index (χ3v) is 1.71. The molecule has 2 N–H and O–H groups in total. The lowest BCUT2D eigenvalue weighted by Crippen LogP contribution is -2.04. The number of hydrogen-bond acceptors (Lipinski definition) is 1. The maximum atomic E-state index is 5.29. The van der Waals surface area contributed by atoms with E-state index in [-0.39, 0.29) is 11.1 Å². The molecule has 2 rings (SSSR count). The van der Waals surface area contributed by atoms with Crippen molar-refractivity contribution >= 4 is 0 Å². The summed E-state index contributed by atoms with van der Waals surface area (Å²) in [5, 5.41) is 0. The lowest BCUT2D eigenvalue weighted by Gasteiger charge is -1.96. The van der Waals surface area contributed by atoms with E-state index in [4.69, 9.17) is 4.74 Å². The Balaban J connectivity index is 0.000000405. The van der Waals surface area contributed by atoms with Gasteiger partial charge in [-0.1, -0.05) is 24.3 Å². The number of allylic oxidation sites excluding steroid dienone is 2. The predicted molar refractivity (Wildman–Crippen MR) is 35.2 cm³/mol. The fourth-order valence-electron chi connectivity index (χ4n) is 1.02. The standard InChI is InChI=1S/C7H8O.H2O/c1-7-5-3-2-4-6(7)8-7;/h2-6H,1H3;1H2. The van der Waals surface area contributed by atoms with Gasteiger partial charge in [-0.25, -0.2) is 0 Å². The maximum Gasteiger partial charge on any atom is 0.114 e. The van der Waals surface area contributed by atoms with Gasteiger partial charge >= 0.3 is 0 Å². The Labute approximate surface area is 54.1 Å². The third kappa shape index (κ3) is 0.802. The van der Waals surface area contributed by atoms with Gasteiger partial charge < -0.3 is 10.2 Å². The highest BCUT2D eigenvalue weighted by Crippen LogP contribution is 2.40. The fourth-order valence-corrected chi connectivity index (χ4v) is 1.02. The van der Waals surface area contributed by atoms with Crippen molar-refractivity contribution in [3.8, 4) is 0 Å². The molecule has 1 fully saturated rings. The number of fused-ring (bicyclic) bond motifs is 1. The van der Waals surface area contributed by atoms with E-state index in [9.17, 15) is 0 Å². The van der Waals surface area contributed by atoms with Gasteiger partial charge in [0.05, 0.1) is 0 Å².